The molecule has 2 aliphatic rings. The van der Waals surface area contributed by atoms with Crippen molar-refractivity contribution in [3.8, 4) is 0 Å². The zero-order valence-electron chi connectivity index (χ0n) is 13.0. The quantitative estimate of drug-likeness (QED) is 0.834. The van der Waals surface area contributed by atoms with Crippen LogP contribution < -0.4 is 10.6 Å². The number of nitrogens with one attached hydrogen (secondary N) is 2. The van der Waals surface area contributed by atoms with E-state index in [1.54, 1.807) is 0 Å². The van der Waals surface area contributed by atoms with Gasteiger partial charge in [0.2, 0.25) is 0 Å². The highest BCUT2D eigenvalue weighted by molar-refractivity contribution is 6.03. The molecule has 1 aromatic carbocycles. The van der Waals surface area contributed by atoms with Crippen LogP contribution in [0.25, 0.3) is 11.0 Å². The van der Waals surface area contributed by atoms with E-state index in [-0.39, 0.29) is 29.0 Å². The Labute approximate surface area is 140 Å². The largest absolute Gasteiger partial charge is 0.458 e. The molecule has 2 aliphatic heterocycles. The van der Waals surface area contributed by atoms with Crippen LogP contribution in [0.15, 0.2) is 28.7 Å². The van der Waals surface area contributed by atoms with Gasteiger partial charge in [-0.05, 0) is 43.5 Å². The summed E-state index contributed by atoms with van der Waals surface area (Å²) < 4.78 is 42.4. The predicted molar refractivity (Wildman–Crippen MR) is 82.4 cm³/mol. The Morgan fingerprint density at radius 3 is 2.64 bits per heavy atom. The number of benzene rings is 1. The summed E-state index contributed by atoms with van der Waals surface area (Å²) in [5.74, 6) is -3.11. The fourth-order valence-electron chi connectivity index (χ4n) is 3.67. The maximum absolute atomic E-state index is 12.5. The summed E-state index contributed by atoms with van der Waals surface area (Å²) in [6, 6.07) is 6.11. The molecular formula is C17H15F3N2O3. The van der Waals surface area contributed by atoms with Gasteiger partial charge in [-0.3, -0.25) is 9.59 Å². The molecule has 0 spiro atoms. The zero-order valence-corrected chi connectivity index (χ0v) is 13.0. The first-order chi connectivity index (χ1) is 11.8. The normalized spacial score (nSPS) is 25.5. The molecule has 0 aliphatic carbocycles. The van der Waals surface area contributed by atoms with Gasteiger partial charge in [-0.15, -0.1) is 0 Å². The Morgan fingerprint density at radius 1 is 1.20 bits per heavy atom. The lowest BCUT2D eigenvalue weighted by Gasteiger charge is -2.21. The van der Waals surface area contributed by atoms with Crippen molar-refractivity contribution in [1.29, 1.82) is 0 Å². The lowest BCUT2D eigenvalue weighted by molar-refractivity contribution is -0.0898. The van der Waals surface area contributed by atoms with Crippen molar-refractivity contribution in [2.75, 3.05) is 0 Å². The van der Waals surface area contributed by atoms with E-state index in [0.29, 0.717) is 11.6 Å². The average Bonchev–Trinajstić information content (AvgIpc) is 3.26. The summed E-state index contributed by atoms with van der Waals surface area (Å²) in [7, 11) is 0. The minimum atomic E-state index is -5.00. The van der Waals surface area contributed by atoms with E-state index >= 15 is 0 Å². The van der Waals surface area contributed by atoms with Crippen molar-refractivity contribution in [2.24, 2.45) is 0 Å². The van der Waals surface area contributed by atoms with E-state index in [4.69, 9.17) is 4.42 Å². The molecule has 1 amide bonds. The second kappa shape index (κ2) is 5.59. The van der Waals surface area contributed by atoms with Crippen LogP contribution in [0.5, 0.6) is 0 Å². The molecule has 0 saturated carbocycles. The van der Waals surface area contributed by atoms with Crippen LogP contribution in [0.1, 0.15) is 40.2 Å². The SMILES string of the molecule is O=C(N[C@@H]1C[C@H]2CC[C@@H]1N2)c1ccc2oc(C(=O)C(F)(F)F)cc2c1. The van der Waals surface area contributed by atoms with Gasteiger partial charge in [0.15, 0.2) is 5.76 Å². The molecular weight excluding hydrogens is 337 g/mol. The molecule has 3 heterocycles. The van der Waals surface area contributed by atoms with Gasteiger partial charge in [0.1, 0.15) is 5.58 Å². The summed E-state index contributed by atoms with van der Waals surface area (Å²) in [6.45, 7) is 0. The molecule has 2 bridgehead atoms. The number of amides is 1. The van der Waals surface area contributed by atoms with Crippen LogP contribution in [0.3, 0.4) is 0 Å². The molecule has 25 heavy (non-hydrogen) atoms. The Balaban J connectivity index is 1.54. The van der Waals surface area contributed by atoms with Crippen molar-refractivity contribution in [1.82, 2.24) is 10.6 Å². The smallest absolute Gasteiger partial charge is 0.453 e. The maximum Gasteiger partial charge on any atom is 0.458 e. The van der Waals surface area contributed by atoms with Crippen molar-refractivity contribution in [3.05, 3.63) is 35.6 Å². The first-order valence-electron chi connectivity index (χ1n) is 8.03. The first-order valence-corrected chi connectivity index (χ1v) is 8.03. The van der Waals surface area contributed by atoms with Crippen LogP contribution in [0.2, 0.25) is 0 Å². The van der Waals surface area contributed by atoms with Crippen LogP contribution in [-0.4, -0.2) is 36.0 Å². The highest BCUT2D eigenvalue weighted by Gasteiger charge is 2.42. The molecule has 0 unspecified atom stereocenters. The number of ketones is 1. The molecule has 3 atom stereocenters. The average molecular weight is 352 g/mol. The number of carbonyl (C=O) groups excluding carboxylic acids is 2. The minimum Gasteiger partial charge on any atom is -0.453 e. The molecule has 8 heteroatoms. The number of Topliss-reactive ketones (excluding diaryl/α,β-unsaturated/α-hetero) is 1. The third-order valence-corrected chi connectivity index (χ3v) is 4.88. The third-order valence-electron chi connectivity index (χ3n) is 4.88. The van der Waals surface area contributed by atoms with E-state index in [1.165, 1.54) is 18.2 Å². The van der Waals surface area contributed by atoms with Gasteiger partial charge in [-0.1, -0.05) is 0 Å². The number of carbonyl (C=O) groups is 2. The van der Waals surface area contributed by atoms with Crippen LogP contribution in [-0.2, 0) is 0 Å². The Kier molecular flexibility index (Phi) is 3.61. The van der Waals surface area contributed by atoms with Gasteiger partial charge < -0.3 is 15.1 Å². The van der Waals surface area contributed by atoms with Crippen molar-refractivity contribution >= 4 is 22.7 Å². The van der Waals surface area contributed by atoms with E-state index in [0.717, 1.165) is 25.3 Å². The van der Waals surface area contributed by atoms with Crippen molar-refractivity contribution in [3.63, 3.8) is 0 Å². The van der Waals surface area contributed by atoms with E-state index in [2.05, 4.69) is 10.6 Å². The number of hydrogen-bond acceptors (Lipinski definition) is 4. The summed E-state index contributed by atoms with van der Waals surface area (Å²) in [5.41, 5.74) is 0.452. The molecule has 2 aromatic rings. The predicted octanol–water partition coefficient (Wildman–Crippen LogP) is 2.80. The van der Waals surface area contributed by atoms with Crippen LogP contribution in [0.4, 0.5) is 13.2 Å². The van der Waals surface area contributed by atoms with Gasteiger partial charge in [-0.2, -0.15) is 13.2 Å². The number of halogens is 3. The lowest BCUT2D eigenvalue weighted by Crippen LogP contribution is -2.42. The molecule has 2 fully saturated rings. The topological polar surface area (TPSA) is 71.3 Å². The molecule has 1 aromatic heterocycles. The molecule has 132 valence electrons. The van der Waals surface area contributed by atoms with Crippen LogP contribution in [0, 0.1) is 0 Å². The van der Waals surface area contributed by atoms with E-state index in [9.17, 15) is 22.8 Å². The number of rotatable bonds is 3. The summed E-state index contributed by atoms with van der Waals surface area (Å²) >= 11 is 0. The van der Waals surface area contributed by atoms with Gasteiger partial charge >= 0.3 is 12.0 Å². The Hall–Kier alpha value is -2.35. The molecule has 0 radical (unpaired) electrons. The summed E-state index contributed by atoms with van der Waals surface area (Å²) in [5, 5.41) is 6.67. The fraction of sp³-hybridized carbons (Fsp3) is 0.412. The molecule has 4 rings (SSSR count). The standard InChI is InChI=1S/C17H15F3N2O3/c18-17(19,20)15(23)14-6-9-5-8(1-4-13(9)25-14)16(24)22-12-7-10-2-3-11(12)21-10/h1,4-6,10-12,21H,2-3,7H2,(H,22,24)/t10-,11+,12-/m1/s1. The third kappa shape index (κ3) is 2.90. The number of alkyl halides is 3. The van der Waals surface area contributed by atoms with Gasteiger partial charge in [0.05, 0.1) is 0 Å². The number of fused-ring (bicyclic) bond motifs is 3. The molecule has 2 N–H and O–H groups in total. The van der Waals surface area contributed by atoms with Gasteiger partial charge in [-0.25, -0.2) is 0 Å². The monoisotopic (exact) mass is 352 g/mol. The fourth-order valence-corrected chi connectivity index (χ4v) is 3.67. The second-order valence-electron chi connectivity index (χ2n) is 6.55. The van der Waals surface area contributed by atoms with Crippen LogP contribution >= 0.6 is 0 Å². The molecule has 5 nitrogen and oxygen atoms in total. The lowest BCUT2D eigenvalue weighted by atomic mass is 9.95. The zero-order chi connectivity index (χ0) is 17.8. The Morgan fingerprint density at radius 2 is 2.00 bits per heavy atom. The maximum atomic E-state index is 12.5. The van der Waals surface area contributed by atoms with Gasteiger partial charge in [0.25, 0.3) is 5.91 Å². The number of furan rings is 1. The number of hydrogen-bond donors (Lipinski definition) is 2. The highest BCUT2D eigenvalue weighted by atomic mass is 19.4. The van der Waals surface area contributed by atoms with Crippen molar-refractivity contribution < 1.29 is 27.2 Å². The first kappa shape index (κ1) is 16.1. The van der Waals surface area contributed by atoms with E-state index < -0.39 is 17.7 Å². The minimum absolute atomic E-state index is 0.0636. The molecule has 2 saturated heterocycles. The van der Waals surface area contributed by atoms with Gasteiger partial charge in [0, 0.05) is 29.1 Å². The Bertz CT molecular complexity index is 858. The second-order valence-corrected chi connectivity index (χ2v) is 6.55. The van der Waals surface area contributed by atoms with E-state index in [1.807, 2.05) is 0 Å². The van der Waals surface area contributed by atoms with Crippen molar-refractivity contribution in [2.45, 2.75) is 43.6 Å². The summed E-state index contributed by atoms with van der Waals surface area (Å²) in [4.78, 5) is 23.7. The highest BCUT2D eigenvalue weighted by Crippen LogP contribution is 2.29. The summed E-state index contributed by atoms with van der Waals surface area (Å²) in [6.07, 6.45) is -1.97.